The number of rotatable bonds is 8. The van der Waals surface area contributed by atoms with Crippen LogP contribution in [-0.4, -0.2) is 56.1 Å². The van der Waals surface area contributed by atoms with Gasteiger partial charge >= 0.3 is 0 Å². The second-order valence-corrected chi connectivity index (χ2v) is 10.5. The molecule has 0 unspecified atom stereocenters. The van der Waals surface area contributed by atoms with Crippen molar-refractivity contribution >= 4 is 21.7 Å². The second-order valence-electron chi connectivity index (χ2n) is 8.58. The lowest BCUT2D eigenvalue weighted by Crippen LogP contribution is -2.43. The van der Waals surface area contributed by atoms with Crippen molar-refractivity contribution in [3.63, 3.8) is 0 Å². The number of carbonyl (C=O) groups excluding carboxylic acids is 2. The number of nitrogens with zero attached hydrogens (tertiary/aromatic N) is 1. The molecule has 7 nitrogen and oxygen atoms in total. The molecule has 1 heterocycles. The fourth-order valence-electron chi connectivity index (χ4n) is 3.29. The number of hydrogen-bond acceptors (Lipinski definition) is 5. The highest BCUT2D eigenvalue weighted by Gasteiger charge is 2.32. The molecule has 2 rings (SSSR count). The third-order valence-electron chi connectivity index (χ3n) is 5.01. The molecule has 1 amide bonds. The van der Waals surface area contributed by atoms with Gasteiger partial charge < -0.3 is 10.6 Å². The Morgan fingerprint density at radius 3 is 2.38 bits per heavy atom. The van der Waals surface area contributed by atoms with Crippen molar-refractivity contribution in [3.05, 3.63) is 29.8 Å². The second kappa shape index (κ2) is 9.82. The van der Waals surface area contributed by atoms with Crippen molar-refractivity contribution in [2.75, 3.05) is 26.2 Å². The Bertz CT molecular complexity index is 823. The zero-order valence-corrected chi connectivity index (χ0v) is 18.6. The smallest absolute Gasteiger partial charge is 0.243 e. The summed E-state index contributed by atoms with van der Waals surface area (Å²) in [5, 5.41) is 6.34. The molecule has 0 atom stereocenters. The number of hydrogen-bond donors (Lipinski definition) is 2. The third kappa shape index (κ3) is 6.90. The van der Waals surface area contributed by atoms with Crippen LogP contribution >= 0.6 is 0 Å². The molecular formula is C21H33N3O4S. The van der Waals surface area contributed by atoms with E-state index in [1.807, 2.05) is 0 Å². The fourth-order valence-corrected chi connectivity index (χ4v) is 4.81. The van der Waals surface area contributed by atoms with Crippen LogP contribution in [0.15, 0.2) is 29.2 Å². The van der Waals surface area contributed by atoms with Gasteiger partial charge in [-0.05, 0) is 65.6 Å². The van der Waals surface area contributed by atoms with Gasteiger partial charge in [-0.2, -0.15) is 4.31 Å². The van der Waals surface area contributed by atoms with Crippen molar-refractivity contribution in [2.24, 2.45) is 5.92 Å². The predicted molar refractivity (Wildman–Crippen MR) is 113 cm³/mol. The first-order valence-corrected chi connectivity index (χ1v) is 11.6. The molecule has 1 aromatic carbocycles. The van der Waals surface area contributed by atoms with Crippen molar-refractivity contribution in [1.29, 1.82) is 0 Å². The maximum absolute atomic E-state index is 12.9. The number of carbonyl (C=O) groups is 2. The normalized spacial score (nSPS) is 16.6. The van der Waals surface area contributed by atoms with Crippen LogP contribution in [0.4, 0.5) is 0 Å². The highest BCUT2D eigenvalue weighted by atomic mass is 32.2. The maximum Gasteiger partial charge on any atom is 0.243 e. The lowest BCUT2D eigenvalue weighted by atomic mass is 9.97. The molecule has 8 heteroatoms. The van der Waals surface area contributed by atoms with E-state index in [4.69, 9.17) is 0 Å². The summed E-state index contributed by atoms with van der Waals surface area (Å²) in [6.07, 6.45) is 1.85. The van der Waals surface area contributed by atoms with Gasteiger partial charge in [0.2, 0.25) is 15.9 Å². The number of ketones is 1. The van der Waals surface area contributed by atoms with Crippen LogP contribution in [0.25, 0.3) is 0 Å². The van der Waals surface area contributed by atoms with Crippen LogP contribution in [-0.2, 0) is 14.8 Å². The minimum absolute atomic E-state index is 0.00335. The minimum atomic E-state index is -3.66. The monoisotopic (exact) mass is 423 g/mol. The van der Waals surface area contributed by atoms with E-state index >= 15 is 0 Å². The molecule has 29 heavy (non-hydrogen) atoms. The number of piperidine rings is 1. The van der Waals surface area contributed by atoms with Crippen LogP contribution in [0.1, 0.15) is 57.3 Å². The van der Waals surface area contributed by atoms with E-state index in [2.05, 4.69) is 31.4 Å². The third-order valence-corrected chi connectivity index (χ3v) is 6.91. The Hall–Kier alpha value is -1.77. The van der Waals surface area contributed by atoms with Gasteiger partial charge in [0, 0.05) is 36.7 Å². The Kier molecular flexibility index (Phi) is 7.96. The zero-order chi connectivity index (χ0) is 21.7. The van der Waals surface area contributed by atoms with Gasteiger partial charge in [0.25, 0.3) is 0 Å². The predicted octanol–water partition coefficient (Wildman–Crippen LogP) is 2.18. The van der Waals surface area contributed by atoms with E-state index in [1.54, 1.807) is 12.1 Å². The Labute approximate surface area is 174 Å². The molecule has 1 aromatic rings. The lowest BCUT2D eigenvalue weighted by molar-refractivity contribution is -0.126. The van der Waals surface area contributed by atoms with Gasteiger partial charge in [0.1, 0.15) is 0 Å². The summed E-state index contributed by atoms with van der Waals surface area (Å²) < 4.78 is 27.1. The van der Waals surface area contributed by atoms with E-state index in [-0.39, 0.29) is 28.0 Å². The Balaban J connectivity index is 1.84. The van der Waals surface area contributed by atoms with E-state index in [0.717, 1.165) is 13.0 Å². The average Bonchev–Trinajstić information content (AvgIpc) is 2.67. The zero-order valence-electron chi connectivity index (χ0n) is 17.8. The van der Waals surface area contributed by atoms with E-state index in [0.29, 0.717) is 38.0 Å². The molecule has 0 aliphatic carbocycles. The fraction of sp³-hybridized carbons (Fsp3) is 0.619. The molecule has 0 bridgehead atoms. The van der Waals surface area contributed by atoms with Crippen LogP contribution in [0.5, 0.6) is 0 Å². The number of nitrogens with one attached hydrogen (secondary N) is 2. The van der Waals surface area contributed by atoms with Crippen LogP contribution in [0.2, 0.25) is 0 Å². The van der Waals surface area contributed by atoms with Gasteiger partial charge in [0.05, 0.1) is 4.90 Å². The van der Waals surface area contributed by atoms with Gasteiger partial charge in [-0.1, -0.05) is 12.1 Å². The molecule has 0 radical (unpaired) electrons. The first kappa shape index (κ1) is 23.5. The number of amides is 1. The first-order chi connectivity index (χ1) is 13.5. The van der Waals surface area contributed by atoms with Gasteiger partial charge in [-0.15, -0.1) is 0 Å². The molecule has 1 aliphatic rings. The molecule has 1 saturated heterocycles. The van der Waals surface area contributed by atoms with Gasteiger partial charge in [-0.25, -0.2) is 8.42 Å². The Morgan fingerprint density at radius 2 is 1.79 bits per heavy atom. The quantitative estimate of drug-likeness (QED) is 0.494. The SMILES string of the molecule is CC(=O)c1cccc(S(=O)(=O)N2CCC(C(=O)NCCCNC(C)(C)C)CC2)c1. The van der Waals surface area contributed by atoms with Crippen LogP contribution < -0.4 is 10.6 Å². The van der Waals surface area contributed by atoms with Gasteiger partial charge in [0.15, 0.2) is 5.78 Å². The molecular weight excluding hydrogens is 390 g/mol. The highest BCUT2D eigenvalue weighted by molar-refractivity contribution is 7.89. The van der Waals surface area contributed by atoms with Crippen LogP contribution in [0.3, 0.4) is 0 Å². The standard InChI is InChI=1S/C21H33N3O4S/c1-16(25)18-7-5-8-19(15-18)29(27,28)24-13-9-17(10-14-24)20(26)22-11-6-12-23-21(2,3)4/h5,7-8,15,17,23H,6,9-14H2,1-4H3,(H,22,26). The number of benzene rings is 1. The minimum Gasteiger partial charge on any atom is -0.356 e. The summed E-state index contributed by atoms with van der Waals surface area (Å²) in [7, 11) is -3.66. The summed E-state index contributed by atoms with van der Waals surface area (Å²) in [5.74, 6) is -0.341. The highest BCUT2D eigenvalue weighted by Crippen LogP contribution is 2.24. The molecule has 0 spiro atoms. The summed E-state index contributed by atoms with van der Waals surface area (Å²) in [5.41, 5.74) is 0.438. The largest absolute Gasteiger partial charge is 0.356 e. The van der Waals surface area contributed by atoms with Crippen molar-refractivity contribution in [1.82, 2.24) is 14.9 Å². The van der Waals surface area contributed by atoms with Crippen molar-refractivity contribution in [3.8, 4) is 0 Å². The van der Waals surface area contributed by atoms with Crippen molar-refractivity contribution in [2.45, 2.75) is 57.4 Å². The van der Waals surface area contributed by atoms with Gasteiger partial charge in [-0.3, -0.25) is 9.59 Å². The van der Waals surface area contributed by atoms with Crippen LogP contribution in [0, 0.1) is 5.92 Å². The molecule has 1 fully saturated rings. The topological polar surface area (TPSA) is 95.6 Å². The summed E-state index contributed by atoms with van der Waals surface area (Å²) in [6.45, 7) is 9.76. The lowest BCUT2D eigenvalue weighted by Gasteiger charge is -2.30. The molecule has 1 aliphatic heterocycles. The number of Topliss-reactive ketones (excluding diaryl/α,β-unsaturated/α-hetero) is 1. The average molecular weight is 424 g/mol. The number of sulfonamides is 1. The molecule has 2 N–H and O–H groups in total. The van der Waals surface area contributed by atoms with Crippen molar-refractivity contribution < 1.29 is 18.0 Å². The molecule has 0 aromatic heterocycles. The summed E-state index contributed by atoms with van der Waals surface area (Å²) in [6, 6.07) is 6.11. The molecule has 0 saturated carbocycles. The van der Waals surface area contributed by atoms with E-state index < -0.39 is 10.0 Å². The van der Waals surface area contributed by atoms with E-state index in [9.17, 15) is 18.0 Å². The van der Waals surface area contributed by atoms with E-state index in [1.165, 1.54) is 23.4 Å². The first-order valence-electron chi connectivity index (χ1n) is 10.1. The summed E-state index contributed by atoms with van der Waals surface area (Å²) >= 11 is 0. The summed E-state index contributed by atoms with van der Waals surface area (Å²) in [4.78, 5) is 24.0. The Morgan fingerprint density at radius 1 is 1.14 bits per heavy atom. The molecule has 162 valence electrons. The maximum atomic E-state index is 12.9.